The quantitative estimate of drug-likeness (QED) is 0.662. The number of methoxy groups -OCH3 is 1. The molecule has 1 aromatic carbocycles. The molecule has 1 aromatic rings. The van der Waals surface area contributed by atoms with Crippen LogP contribution < -0.4 is 10.5 Å². The normalized spacial score (nSPS) is 20.3. The number of ether oxygens (including phenoxy) is 3. The van der Waals surface area contributed by atoms with Gasteiger partial charge in [0, 0.05) is 12.5 Å². The maximum absolute atomic E-state index is 13.4. The van der Waals surface area contributed by atoms with E-state index >= 15 is 0 Å². The number of nitrogens with zero attached hydrogens (tertiary/aromatic N) is 1. The lowest BCUT2D eigenvalue weighted by atomic mass is 10.2. The van der Waals surface area contributed by atoms with Crippen molar-refractivity contribution in [2.75, 3.05) is 19.4 Å². The van der Waals surface area contributed by atoms with E-state index in [0.717, 1.165) is 0 Å². The molecule has 2 rings (SSSR count). The zero-order valence-corrected chi connectivity index (χ0v) is 14.7. The highest BCUT2D eigenvalue weighted by Gasteiger charge is 2.43. The molecule has 0 saturated carbocycles. The number of amides is 1. The molecule has 1 aliphatic rings. The van der Waals surface area contributed by atoms with Crippen LogP contribution in [-0.2, 0) is 14.3 Å². The molecule has 2 unspecified atom stereocenters. The van der Waals surface area contributed by atoms with Gasteiger partial charge in [-0.3, -0.25) is 4.90 Å². The smallest absolute Gasteiger partial charge is 0.411 e. The number of carbonyl (C=O) groups excluding carboxylic acids is 2. The average molecular weight is 354 g/mol. The van der Waals surface area contributed by atoms with Gasteiger partial charge in [-0.05, 0) is 32.9 Å². The van der Waals surface area contributed by atoms with E-state index < -0.39 is 35.6 Å². The van der Waals surface area contributed by atoms with Crippen LogP contribution in [0.25, 0.3) is 0 Å². The number of halogens is 1. The van der Waals surface area contributed by atoms with E-state index in [9.17, 15) is 14.0 Å². The number of nitrogen functional groups attached to an aromatic ring is 1. The molecular formula is C17H23FN2O5. The van der Waals surface area contributed by atoms with E-state index in [-0.39, 0.29) is 24.4 Å². The molecular weight excluding hydrogens is 331 g/mol. The standard InChI is InChI=1S/C17H23FN2O5/c1-17(2,3)25-16(22)20-9-11(8-13(20)15(21)23-4)24-14-7-10(18)5-6-12(14)19/h5-7,11,13H,8-9,19H2,1-4H3. The van der Waals surface area contributed by atoms with Gasteiger partial charge in [-0.1, -0.05) is 0 Å². The van der Waals surface area contributed by atoms with Gasteiger partial charge in [0.25, 0.3) is 0 Å². The molecule has 2 N–H and O–H groups in total. The summed E-state index contributed by atoms with van der Waals surface area (Å²) in [7, 11) is 1.24. The summed E-state index contributed by atoms with van der Waals surface area (Å²) in [4.78, 5) is 25.6. The Balaban J connectivity index is 2.16. The van der Waals surface area contributed by atoms with Crippen molar-refractivity contribution in [3.05, 3.63) is 24.0 Å². The number of esters is 1. The van der Waals surface area contributed by atoms with Gasteiger partial charge >= 0.3 is 12.1 Å². The van der Waals surface area contributed by atoms with E-state index in [1.807, 2.05) is 0 Å². The van der Waals surface area contributed by atoms with Gasteiger partial charge in [0.15, 0.2) is 0 Å². The molecule has 0 bridgehead atoms. The summed E-state index contributed by atoms with van der Waals surface area (Å²) < 4.78 is 29.2. The summed E-state index contributed by atoms with van der Waals surface area (Å²) in [5.74, 6) is -0.889. The molecule has 0 aromatic heterocycles. The SMILES string of the molecule is COC(=O)C1CC(Oc2cc(F)ccc2N)CN1C(=O)OC(C)(C)C. The first-order chi connectivity index (χ1) is 11.6. The fraction of sp³-hybridized carbons (Fsp3) is 0.529. The van der Waals surface area contributed by atoms with Crippen molar-refractivity contribution in [3.63, 3.8) is 0 Å². The minimum absolute atomic E-state index is 0.102. The number of likely N-dealkylation sites (tertiary alicyclic amines) is 1. The van der Waals surface area contributed by atoms with Crippen LogP contribution >= 0.6 is 0 Å². The highest BCUT2D eigenvalue weighted by molar-refractivity contribution is 5.82. The second-order valence-corrected chi connectivity index (χ2v) is 6.83. The first-order valence-electron chi connectivity index (χ1n) is 7.90. The Hall–Kier alpha value is -2.51. The Morgan fingerprint density at radius 1 is 1.32 bits per heavy atom. The molecule has 1 aliphatic heterocycles. The Labute approximate surface area is 145 Å². The van der Waals surface area contributed by atoms with Gasteiger partial charge in [-0.25, -0.2) is 14.0 Å². The molecule has 0 radical (unpaired) electrons. The van der Waals surface area contributed by atoms with Crippen LogP contribution in [0.2, 0.25) is 0 Å². The van der Waals surface area contributed by atoms with Crippen LogP contribution in [-0.4, -0.2) is 48.4 Å². The molecule has 0 spiro atoms. The largest absolute Gasteiger partial charge is 0.486 e. The third kappa shape index (κ3) is 4.74. The summed E-state index contributed by atoms with van der Waals surface area (Å²) >= 11 is 0. The van der Waals surface area contributed by atoms with Crippen LogP contribution in [0.4, 0.5) is 14.9 Å². The molecule has 2 atom stereocenters. The second-order valence-electron chi connectivity index (χ2n) is 6.83. The summed E-state index contributed by atoms with van der Waals surface area (Å²) in [5.41, 5.74) is 5.34. The molecule has 1 amide bonds. The lowest BCUT2D eigenvalue weighted by Crippen LogP contribution is -2.44. The van der Waals surface area contributed by atoms with E-state index in [4.69, 9.17) is 19.9 Å². The van der Waals surface area contributed by atoms with Gasteiger partial charge in [0.1, 0.15) is 29.3 Å². The van der Waals surface area contributed by atoms with Crippen molar-refractivity contribution in [3.8, 4) is 5.75 Å². The van der Waals surface area contributed by atoms with Crippen molar-refractivity contribution in [1.82, 2.24) is 4.90 Å². The Kier molecular flexibility index (Phi) is 5.39. The van der Waals surface area contributed by atoms with Gasteiger partial charge in [0.2, 0.25) is 0 Å². The van der Waals surface area contributed by atoms with E-state index in [1.54, 1.807) is 20.8 Å². The highest BCUT2D eigenvalue weighted by atomic mass is 19.1. The van der Waals surface area contributed by atoms with E-state index in [1.165, 1.54) is 30.2 Å². The van der Waals surface area contributed by atoms with Crippen LogP contribution in [0.3, 0.4) is 0 Å². The number of nitrogens with two attached hydrogens (primary N) is 1. The summed E-state index contributed by atoms with van der Waals surface area (Å²) in [5, 5.41) is 0. The second kappa shape index (κ2) is 7.16. The van der Waals surface area contributed by atoms with Crippen molar-refractivity contribution < 1.29 is 28.2 Å². The number of anilines is 1. The van der Waals surface area contributed by atoms with Crippen LogP contribution in [0.5, 0.6) is 5.75 Å². The van der Waals surface area contributed by atoms with Crippen LogP contribution in [0.15, 0.2) is 18.2 Å². The molecule has 1 fully saturated rings. The molecule has 138 valence electrons. The molecule has 0 aliphatic carbocycles. The van der Waals surface area contributed by atoms with Crippen molar-refractivity contribution >= 4 is 17.7 Å². The predicted molar refractivity (Wildman–Crippen MR) is 88.6 cm³/mol. The van der Waals surface area contributed by atoms with Gasteiger partial charge < -0.3 is 19.9 Å². The zero-order chi connectivity index (χ0) is 18.8. The maximum atomic E-state index is 13.4. The van der Waals surface area contributed by atoms with Gasteiger partial charge in [-0.2, -0.15) is 0 Å². The fourth-order valence-electron chi connectivity index (χ4n) is 2.55. The molecule has 25 heavy (non-hydrogen) atoms. The van der Waals surface area contributed by atoms with Gasteiger partial charge in [0.05, 0.1) is 19.3 Å². The summed E-state index contributed by atoms with van der Waals surface area (Å²) in [6.07, 6.45) is -0.982. The number of hydrogen-bond acceptors (Lipinski definition) is 6. The van der Waals surface area contributed by atoms with Crippen molar-refractivity contribution in [1.29, 1.82) is 0 Å². The van der Waals surface area contributed by atoms with E-state index in [2.05, 4.69) is 0 Å². The minimum atomic E-state index is -0.834. The van der Waals surface area contributed by atoms with Crippen LogP contribution in [0.1, 0.15) is 27.2 Å². The Morgan fingerprint density at radius 2 is 2.00 bits per heavy atom. The zero-order valence-electron chi connectivity index (χ0n) is 14.7. The number of hydrogen-bond donors (Lipinski definition) is 1. The Bertz CT molecular complexity index is 659. The first-order valence-corrected chi connectivity index (χ1v) is 7.90. The number of carbonyl (C=O) groups is 2. The number of rotatable bonds is 3. The maximum Gasteiger partial charge on any atom is 0.411 e. The topological polar surface area (TPSA) is 91.1 Å². The molecule has 1 saturated heterocycles. The monoisotopic (exact) mass is 354 g/mol. The van der Waals surface area contributed by atoms with E-state index in [0.29, 0.717) is 0 Å². The predicted octanol–water partition coefficient (Wildman–Crippen LogP) is 2.34. The molecule has 8 heteroatoms. The minimum Gasteiger partial charge on any atom is -0.486 e. The third-order valence-corrected chi connectivity index (χ3v) is 3.63. The number of benzene rings is 1. The average Bonchev–Trinajstić information content (AvgIpc) is 2.92. The van der Waals surface area contributed by atoms with Crippen molar-refractivity contribution in [2.45, 2.75) is 44.9 Å². The van der Waals surface area contributed by atoms with Crippen molar-refractivity contribution in [2.24, 2.45) is 0 Å². The Morgan fingerprint density at radius 3 is 2.60 bits per heavy atom. The summed E-state index contributed by atoms with van der Waals surface area (Å²) in [6.45, 7) is 5.30. The third-order valence-electron chi connectivity index (χ3n) is 3.63. The highest BCUT2D eigenvalue weighted by Crippen LogP contribution is 2.29. The molecule has 7 nitrogen and oxygen atoms in total. The van der Waals surface area contributed by atoms with Gasteiger partial charge in [-0.15, -0.1) is 0 Å². The fourth-order valence-corrected chi connectivity index (χ4v) is 2.55. The first kappa shape index (κ1) is 18.8. The summed E-state index contributed by atoms with van der Waals surface area (Å²) in [6, 6.07) is 2.95. The molecule has 1 heterocycles. The lowest BCUT2D eigenvalue weighted by Gasteiger charge is -2.27. The lowest BCUT2D eigenvalue weighted by molar-refractivity contribution is -0.145. The van der Waals surface area contributed by atoms with Crippen LogP contribution in [0, 0.1) is 5.82 Å².